The molecule has 5 nitrogen and oxygen atoms in total. The maximum Gasteiger partial charge on any atom is 0.268 e. The first-order chi connectivity index (χ1) is 14.2. The Morgan fingerprint density at radius 3 is 2.90 bits per heavy atom. The van der Waals surface area contributed by atoms with E-state index in [9.17, 15) is 9.18 Å². The molecule has 0 atom stereocenters. The van der Waals surface area contributed by atoms with Crippen molar-refractivity contribution in [2.75, 3.05) is 0 Å². The standard InChI is InChI=1S/C22H17FN4OS/c23-15-5-3-4-14(10-15)13-27-18-8-9-29-20(18)11-19(27)22(28)24-12-21-25-16-6-1-2-7-17(16)26-21/h1-11H,12-13H2,(H,24,28)(H,25,26). The van der Waals surface area contributed by atoms with Crippen molar-refractivity contribution in [3.63, 3.8) is 0 Å². The van der Waals surface area contributed by atoms with Gasteiger partial charge in [-0.15, -0.1) is 11.3 Å². The molecule has 0 aliphatic carbocycles. The molecule has 29 heavy (non-hydrogen) atoms. The molecule has 3 aromatic heterocycles. The fourth-order valence-electron chi connectivity index (χ4n) is 3.50. The van der Waals surface area contributed by atoms with Crippen LogP contribution >= 0.6 is 11.3 Å². The molecular formula is C22H17FN4OS. The van der Waals surface area contributed by atoms with Gasteiger partial charge in [-0.1, -0.05) is 24.3 Å². The molecule has 0 aliphatic rings. The van der Waals surface area contributed by atoms with Gasteiger partial charge in [-0.05, 0) is 47.3 Å². The van der Waals surface area contributed by atoms with Crippen LogP contribution in [0.3, 0.4) is 0 Å². The number of aromatic nitrogens is 3. The van der Waals surface area contributed by atoms with E-state index in [2.05, 4.69) is 15.3 Å². The van der Waals surface area contributed by atoms with E-state index >= 15 is 0 Å². The summed E-state index contributed by atoms with van der Waals surface area (Å²) >= 11 is 1.58. The smallest absolute Gasteiger partial charge is 0.268 e. The fourth-order valence-corrected chi connectivity index (χ4v) is 4.32. The lowest BCUT2D eigenvalue weighted by Crippen LogP contribution is -2.26. The second kappa shape index (κ2) is 7.18. The van der Waals surface area contributed by atoms with Crippen LogP contribution < -0.4 is 5.32 Å². The quantitative estimate of drug-likeness (QED) is 0.446. The summed E-state index contributed by atoms with van der Waals surface area (Å²) in [5, 5.41) is 4.93. The van der Waals surface area contributed by atoms with E-state index < -0.39 is 0 Å². The van der Waals surface area contributed by atoms with Crippen LogP contribution in [0.4, 0.5) is 4.39 Å². The average Bonchev–Trinajstić information content (AvgIpc) is 3.41. The zero-order valence-electron chi connectivity index (χ0n) is 15.4. The number of hydrogen-bond donors (Lipinski definition) is 2. The Balaban J connectivity index is 1.41. The summed E-state index contributed by atoms with van der Waals surface area (Å²) in [4.78, 5) is 20.6. The van der Waals surface area contributed by atoms with Crippen LogP contribution in [-0.2, 0) is 13.1 Å². The fraction of sp³-hybridized carbons (Fsp3) is 0.0909. The lowest BCUT2D eigenvalue weighted by atomic mass is 10.2. The van der Waals surface area contributed by atoms with Crippen molar-refractivity contribution in [1.29, 1.82) is 0 Å². The first-order valence-corrected chi connectivity index (χ1v) is 10.1. The maximum absolute atomic E-state index is 13.6. The van der Waals surface area contributed by atoms with E-state index in [1.807, 2.05) is 52.4 Å². The van der Waals surface area contributed by atoms with E-state index in [1.165, 1.54) is 12.1 Å². The van der Waals surface area contributed by atoms with E-state index in [-0.39, 0.29) is 11.7 Å². The van der Waals surface area contributed by atoms with Gasteiger partial charge in [0.15, 0.2) is 0 Å². The number of halogens is 1. The minimum Gasteiger partial charge on any atom is -0.344 e. The number of fused-ring (bicyclic) bond motifs is 2. The van der Waals surface area contributed by atoms with Crippen LogP contribution in [-0.4, -0.2) is 20.4 Å². The number of carbonyl (C=O) groups excluding carboxylic acids is 1. The number of H-pyrrole nitrogens is 1. The van der Waals surface area contributed by atoms with Gasteiger partial charge in [-0.2, -0.15) is 0 Å². The minimum atomic E-state index is -0.285. The van der Waals surface area contributed by atoms with Gasteiger partial charge in [0.05, 0.1) is 27.8 Å². The highest BCUT2D eigenvalue weighted by atomic mass is 32.1. The van der Waals surface area contributed by atoms with E-state index in [1.54, 1.807) is 17.4 Å². The molecule has 0 aliphatic heterocycles. The number of nitrogens with one attached hydrogen (secondary N) is 2. The van der Waals surface area contributed by atoms with Gasteiger partial charge in [0.1, 0.15) is 17.3 Å². The molecule has 1 amide bonds. The first-order valence-electron chi connectivity index (χ1n) is 9.20. The van der Waals surface area contributed by atoms with Crippen molar-refractivity contribution in [2.24, 2.45) is 0 Å². The number of para-hydroxylation sites is 2. The minimum absolute atomic E-state index is 0.190. The third-order valence-corrected chi connectivity index (χ3v) is 5.69. The van der Waals surface area contributed by atoms with E-state index in [4.69, 9.17) is 0 Å². The Morgan fingerprint density at radius 1 is 1.14 bits per heavy atom. The Morgan fingerprint density at radius 2 is 2.03 bits per heavy atom. The molecule has 0 fully saturated rings. The molecular weight excluding hydrogens is 387 g/mol. The van der Waals surface area contributed by atoms with Crippen molar-refractivity contribution in [1.82, 2.24) is 19.9 Å². The lowest BCUT2D eigenvalue weighted by Gasteiger charge is -2.11. The summed E-state index contributed by atoms with van der Waals surface area (Å²) in [5.74, 6) is 0.224. The van der Waals surface area contributed by atoms with Gasteiger partial charge in [-0.25, -0.2) is 9.37 Å². The number of carbonyl (C=O) groups is 1. The van der Waals surface area contributed by atoms with Gasteiger partial charge < -0.3 is 14.9 Å². The number of thiophene rings is 1. The largest absolute Gasteiger partial charge is 0.344 e. The summed E-state index contributed by atoms with van der Waals surface area (Å²) in [6.07, 6.45) is 0. The molecule has 7 heteroatoms. The summed E-state index contributed by atoms with van der Waals surface area (Å²) in [6.45, 7) is 0.720. The van der Waals surface area contributed by atoms with Crippen LogP contribution in [0.5, 0.6) is 0 Å². The maximum atomic E-state index is 13.6. The van der Waals surface area contributed by atoms with Crippen LogP contribution in [0.2, 0.25) is 0 Å². The molecule has 0 unspecified atom stereocenters. The number of amides is 1. The molecule has 2 N–H and O–H groups in total. The van der Waals surface area contributed by atoms with Crippen molar-refractivity contribution in [3.05, 3.63) is 88.9 Å². The van der Waals surface area contributed by atoms with Gasteiger partial charge in [0, 0.05) is 6.54 Å². The number of aromatic amines is 1. The Kier molecular flexibility index (Phi) is 4.37. The highest BCUT2D eigenvalue weighted by Crippen LogP contribution is 2.26. The second-order valence-corrected chi connectivity index (χ2v) is 7.75. The number of rotatable bonds is 5. The van der Waals surface area contributed by atoms with Crippen LogP contribution in [0, 0.1) is 5.82 Å². The SMILES string of the molecule is O=C(NCc1nc2ccccc2[nH]1)c1cc2sccc2n1Cc1cccc(F)c1. The molecule has 0 saturated heterocycles. The summed E-state index contributed by atoms with van der Waals surface area (Å²) in [6, 6.07) is 18.1. The van der Waals surface area contributed by atoms with Crippen LogP contribution in [0.1, 0.15) is 21.9 Å². The van der Waals surface area contributed by atoms with Crippen molar-refractivity contribution < 1.29 is 9.18 Å². The van der Waals surface area contributed by atoms with Crippen molar-refractivity contribution >= 4 is 38.5 Å². The molecule has 5 aromatic rings. The molecule has 0 bridgehead atoms. The third-order valence-electron chi connectivity index (χ3n) is 4.84. The molecule has 0 spiro atoms. The zero-order valence-corrected chi connectivity index (χ0v) is 16.2. The molecule has 144 valence electrons. The molecule has 0 radical (unpaired) electrons. The van der Waals surface area contributed by atoms with Crippen LogP contribution in [0.25, 0.3) is 21.3 Å². The predicted octanol–water partition coefficient (Wildman–Crippen LogP) is 4.70. The van der Waals surface area contributed by atoms with E-state index in [0.717, 1.165) is 26.8 Å². The van der Waals surface area contributed by atoms with Gasteiger partial charge in [-0.3, -0.25) is 4.79 Å². The monoisotopic (exact) mass is 404 g/mol. The highest BCUT2D eigenvalue weighted by molar-refractivity contribution is 7.17. The van der Waals surface area contributed by atoms with Gasteiger partial charge >= 0.3 is 0 Å². The van der Waals surface area contributed by atoms with Crippen molar-refractivity contribution in [2.45, 2.75) is 13.1 Å². The number of nitrogens with zero attached hydrogens (tertiary/aromatic N) is 2. The number of imidazole rings is 1. The number of hydrogen-bond acceptors (Lipinski definition) is 3. The Hall–Kier alpha value is -3.45. The molecule has 3 heterocycles. The van der Waals surface area contributed by atoms with Crippen LogP contribution in [0.15, 0.2) is 66.0 Å². The summed E-state index contributed by atoms with van der Waals surface area (Å²) in [7, 11) is 0. The Bertz CT molecular complexity index is 1300. The molecule has 5 rings (SSSR count). The van der Waals surface area contributed by atoms with Crippen molar-refractivity contribution in [3.8, 4) is 0 Å². The summed E-state index contributed by atoms with van der Waals surface area (Å²) < 4.78 is 16.6. The second-order valence-electron chi connectivity index (χ2n) is 6.80. The van der Waals surface area contributed by atoms with Gasteiger partial charge in [0.2, 0.25) is 0 Å². The van der Waals surface area contributed by atoms with Gasteiger partial charge in [0.25, 0.3) is 5.91 Å². The normalized spacial score (nSPS) is 11.3. The highest BCUT2D eigenvalue weighted by Gasteiger charge is 2.17. The summed E-state index contributed by atoms with van der Waals surface area (Å²) in [5.41, 5.74) is 4.12. The third kappa shape index (κ3) is 3.40. The average molecular weight is 404 g/mol. The predicted molar refractivity (Wildman–Crippen MR) is 113 cm³/mol. The number of benzene rings is 2. The molecule has 2 aromatic carbocycles. The lowest BCUT2D eigenvalue weighted by molar-refractivity contribution is 0.0941. The Labute approximate surface area is 169 Å². The van der Waals surface area contributed by atoms with E-state index in [0.29, 0.717) is 24.6 Å². The topological polar surface area (TPSA) is 62.7 Å². The zero-order chi connectivity index (χ0) is 19.8. The molecule has 0 saturated carbocycles. The first kappa shape index (κ1) is 17.6.